The topological polar surface area (TPSA) is 79.2 Å². The van der Waals surface area contributed by atoms with Gasteiger partial charge in [0.05, 0.1) is 6.04 Å². The van der Waals surface area contributed by atoms with E-state index in [9.17, 15) is 14.9 Å². The van der Waals surface area contributed by atoms with Crippen LogP contribution in [0.5, 0.6) is 0 Å². The number of hydrogen-bond donors (Lipinski definition) is 1. The fraction of sp³-hybridized carbons (Fsp3) is 0.261. The molecule has 0 unspecified atom stereocenters. The summed E-state index contributed by atoms with van der Waals surface area (Å²) in [5.74, 6) is -0.906. The quantitative estimate of drug-likeness (QED) is 0.404. The lowest BCUT2D eigenvalue weighted by Crippen LogP contribution is -2.31. The maximum absolute atomic E-state index is 12.1. The third-order valence-electron chi connectivity index (χ3n) is 4.34. The fourth-order valence-electron chi connectivity index (χ4n) is 2.61. The number of hydrogen-bond acceptors (Lipinski definition) is 4. The van der Waals surface area contributed by atoms with Gasteiger partial charge < -0.3 is 10.1 Å². The van der Waals surface area contributed by atoms with Crippen LogP contribution in [0.3, 0.4) is 0 Å². The zero-order chi connectivity index (χ0) is 21.4. The van der Waals surface area contributed by atoms with Crippen molar-refractivity contribution in [1.82, 2.24) is 5.32 Å². The van der Waals surface area contributed by atoms with Crippen LogP contribution in [0, 0.1) is 11.3 Å². The molecule has 0 fully saturated rings. The minimum Gasteiger partial charge on any atom is -0.451 e. The highest BCUT2D eigenvalue weighted by atomic mass is 35.5. The van der Waals surface area contributed by atoms with Crippen LogP contribution in [0.25, 0.3) is 6.08 Å². The van der Waals surface area contributed by atoms with Gasteiger partial charge in [-0.15, -0.1) is 0 Å². The molecule has 0 radical (unpaired) electrons. The number of nitriles is 1. The highest BCUT2D eigenvalue weighted by Gasteiger charge is 2.15. The number of halogens is 1. The van der Waals surface area contributed by atoms with Crippen LogP contribution in [0.4, 0.5) is 0 Å². The highest BCUT2D eigenvalue weighted by Crippen LogP contribution is 2.17. The molecule has 6 heteroatoms. The lowest BCUT2D eigenvalue weighted by atomic mass is 10.0. The van der Waals surface area contributed by atoms with Crippen LogP contribution in [0.1, 0.15) is 49.4 Å². The van der Waals surface area contributed by atoms with Crippen molar-refractivity contribution in [2.45, 2.75) is 32.7 Å². The summed E-state index contributed by atoms with van der Waals surface area (Å²) in [5, 5.41) is 12.6. The standard InChI is InChI=1S/C23H23ClN2O3/c1-15(2)18-6-4-17(5-7-18)12-20(13-25)23(28)29-14-22(27)26-16(3)19-8-10-21(24)11-9-19/h4-12,15-16H,14H2,1-3H3,(H,26,27)/b20-12+/t16-/m0/s1. The van der Waals surface area contributed by atoms with E-state index in [1.54, 1.807) is 24.3 Å². The molecule has 2 aromatic carbocycles. The van der Waals surface area contributed by atoms with Crippen LogP contribution in [-0.4, -0.2) is 18.5 Å². The Bertz CT molecular complexity index is 926. The summed E-state index contributed by atoms with van der Waals surface area (Å²) < 4.78 is 4.98. The number of rotatable bonds is 7. The molecule has 5 nitrogen and oxygen atoms in total. The predicted octanol–water partition coefficient (Wildman–Crippen LogP) is 4.79. The Hall–Kier alpha value is -3.10. The molecule has 0 heterocycles. The Labute approximate surface area is 175 Å². The van der Waals surface area contributed by atoms with Gasteiger partial charge in [0.1, 0.15) is 11.6 Å². The Morgan fingerprint density at radius 1 is 1.07 bits per heavy atom. The molecule has 1 N–H and O–H groups in total. The molecule has 2 rings (SSSR count). The van der Waals surface area contributed by atoms with Gasteiger partial charge in [-0.2, -0.15) is 5.26 Å². The summed E-state index contributed by atoms with van der Waals surface area (Å²) in [5.41, 5.74) is 2.58. The molecule has 0 aromatic heterocycles. The van der Waals surface area contributed by atoms with E-state index < -0.39 is 18.5 Å². The largest absolute Gasteiger partial charge is 0.451 e. The molecule has 0 spiro atoms. The van der Waals surface area contributed by atoms with E-state index in [0.29, 0.717) is 16.5 Å². The molecular weight excluding hydrogens is 388 g/mol. The fourth-order valence-corrected chi connectivity index (χ4v) is 2.73. The van der Waals surface area contributed by atoms with Gasteiger partial charge in [-0.1, -0.05) is 61.8 Å². The van der Waals surface area contributed by atoms with E-state index in [1.807, 2.05) is 37.3 Å². The van der Waals surface area contributed by atoms with E-state index >= 15 is 0 Å². The van der Waals surface area contributed by atoms with Crippen molar-refractivity contribution in [3.63, 3.8) is 0 Å². The van der Waals surface area contributed by atoms with Crippen LogP contribution in [0.2, 0.25) is 5.02 Å². The van der Waals surface area contributed by atoms with Gasteiger partial charge in [-0.3, -0.25) is 4.79 Å². The molecule has 0 saturated heterocycles. The van der Waals surface area contributed by atoms with Gasteiger partial charge in [0.2, 0.25) is 0 Å². The van der Waals surface area contributed by atoms with E-state index in [1.165, 1.54) is 6.08 Å². The van der Waals surface area contributed by atoms with E-state index in [4.69, 9.17) is 16.3 Å². The molecule has 150 valence electrons. The van der Waals surface area contributed by atoms with Crippen molar-refractivity contribution in [3.8, 4) is 6.07 Å². The summed E-state index contributed by atoms with van der Waals surface area (Å²) in [6.07, 6.45) is 1.45. The highest BCUT2D eigenvalue weighted by molar-refractivity contribution is 6.30. The first-order valence-electron chi connectivity index (χ1n) is 9.24. The average Bonchev–Trinajstić information content (AvgIpc) is 2.71. The van der Waals surface area contributed by atoms with Crippen LogP contribution in [0.15, 0.2) is 54.1 Å². The van der Waals surface area contributed by atoms with Gasteiger partial charge in [0.15, 0.2) is 6.61 Å². The molecule has 1 atom stereocenters. The van der Waals surface area contributed by atoms with Gasteiger partial charge in [-0.05, 0) is 47.7 Å². The predicted molar refractivity (Wildman–Crippen MR) is 113 cm³/mol. The van der Waals surface area contributed by atoms with E-state index in [-0.39, 0.29) is 11.6 Å². The van der Waals surface area contributed by atoms with Crippen molar-refractivity contribution >= 4 is 29.6 Å². The number of ether oxygens (including phenoxy) is 1. The van der Waals surface area contributed by atoms with Crippen molar-refractivity contribution in [1.29, 1.82) is 5.26 Å². The molecule has 0 aliphatic heterocycles. The molecule has 1 amide bonds. The number of amides is 1. The molecule has 0 aliphatic carbocycles. The third-order valence-corrected chi connectivity index (χ3v) is 4.59. The lowest BCUT2D eigenvalue weighted by Gasteiger charge is -2.14. The van der Waals surface area contributed by atoms with Crippen molar-refractivity contribution in [2.24, 2.45) is 0 Å². The Kier molecular flexibility index (Phi) is 7.99. The Morgan fingerprint density at radius 2 is 1.66 bits per heavy atom. The first-order chi connectivity index (χ1) is 13.8. The Balaban J connectivity index is 1.92. The summed E-state index contributed by atoms with van der Waals surface area (Å²) >= 11 is 5.85. The van der Waals surface area contributed by atoms with Crippen LogP contribution < -0.4 is 5.32 Å². The molecule has 0 bridgehead atoms. The summed E-state index contributed by atoms with van der Waals surface area (Å²) in [6, 6.07) is 16.2. The second kappa shape index (κ2) is 10.4. The number of carbonyl (C=O) groups is 2. The zero-order valence-corrected chi connectivity index (χ0v) is 17.4. The molecule has 29 heavy (non-hydrogen) atoms. The molecule has 0 aliphatic rings. The van der Waals surface area contributed by atoms with E-state index in [2.05, 4.69) is 19.2 Å². The lowest BCUT2D eigenvalue weighted by molar-refractivity contribution is -0.144. The van der Waals surface area contributed by atoms with Gasteiger partial charge in [-0.25, -0.2) is 4.79 Å². The first kappa shape index (κ1) is 22.2. The number of esters is 1. The SMILES string of the molecule is CC(C)c1ccc(/C=C(\C#N)C(=O)OCC(=O)N[C@@H](C)c2ccc(Cl)cc2)cc1. The van der Waals surface area contributed by atoms with Crippen molar-refractivity contribution in [2.75, 3.05) is 6.61 Å². The minimum atomic E-state index is -0.838. The number of nitrogens with one attached hydrogen (secondary N) is 1. The minimum absolute atomic E-state index is 0.166. The maximum Gasteiger partial charge on any atom is 0.349 e. The third kappa shape index (κ3) is 6.78. The number of benzene rings is 2. The molecule has 2 aromatic rings. The van der Waals surface area contributed by atoms with E-state index in [0.717, 1.165) is 11.1 Å². The molecular formula is C23H23ClN2O3. The first-order valence-corrected chi connectivity index (χ1v) is 9.61. The average molecular weight is 411 g/mol. The second-order valence-corrected chi connectivity index (χ2v) is 7.34. The maximum atomic E-state index is 12.1. The van der Waals surface area contributed by atoms with Crippen molar-refractivity contribution in [3.05, 3.63) is 75.8 Å². The normalized spacial score (nSPS) is 12.2. The monoisotopic (exact) mass is 410 g/mol. The van der Waals surface area contributed by atoms with Gasteiger partial charge in [0, 0.05) is 5.02 Å². The van der Waals surface area contributed by atoms with Gasteiger partial charge in [0.25, 0.3) is 5.91 Å². The van der Waals surface area contributed by atoms with Crippen LogP contribution in [-0.2, 0) is 14.3 Å². The second-order valence-electron chi connectivity index (χ2n) is 6.91. The number of carbonyl (C=O) groups excluding carboxylic acids is 2. The summed E-state index contributed by atoms with van der Waals surface area (Å²) in [7, 11) is 0. The van der Waals surface area contributed by atoms with Crippen LogP contribution >= 0.6 is 11.6 Å². The summed E-state index contributed by atoms with van der Waals surface area (Å²) in [6.45, 7) is 5.51. The van der Waals surface area contributed by atoms with Crippen molar-refractivity contribution < 1.29 is 14.3 Å². The number of nitrogens with zero attached hydrogens (tertiary/aromatic N) is 1. The van der Waals surface area contributed by atoms with Gasteiger partial charge >= 0.3 is 5.97 Å². The Morgan fingerprint density at radius 3 is 2.21 bits per heavy atom. The molecule has 0 saturated carbocycles. The summed E-state index contributed by atoms with van der Waals surface area (Å²) in [4.78, 5) is 24.2. The smallest absolute Gasteiger partial charge is 0.349 e. The zero-order valence-electron chi connectivity index (χ0n) is 16.6.